The Morgan fingerprint density at radius 1 is 1.22 bits per heavy atom. The number of piperazine rings is 1. The van der Waals surface area contributed by atoms with Crippen molar-refractivity contribution in [1.82, 2.24) is 15.1 Å². The quantitative estimate of drug-likeness (QED) is 0.900. The van der Waals surface area contributed by atoms with E-state index in [1.807, 2.05) is 0 Å². The second-order valence-corrected chi connectivity index (χ2v) is 6.36. The van der Waals surface area contributed by atoms with E-state index in [0.29, 0.717) is 12.6 Å². The third-order valence-corrected chi connectivity index (χ3v) is 4.63. The van der Waals surface area contributed by atoms with E-state index in [1.165, 1.54) is 18.2 Å². The zero-order valence-electron chi connectivity index (χ0n) is 12.9. The maximum Gasteiger partial charge on any atom is 0.417 e. The fraction of sp³-hybridized carbons (Fsp3) is 0.562. The smallest absolute Gasteiger partial charge is 0.348 e. The van der Waals surface area contributed by atoms with Crippen LogP contribution in [-0.2, 0) is 6.18 Å². The molecule has 2 fully saturated rings. The van der Waals surface area contributed by atoms with Crippen LogP contribution in [0.1, 0.15) is 22.3 Å². The number of benzene rings is 1. The number of hydrogen-bond donors (Lipinski definition) is 1. The number of amides is 1. The van der Waals surface area contributed by atoms with Crippen LogP contribution in [0.5, 0.6) is 0 Å². The maximum atomic E-state index is 13.0. The van der Waals surface area contributed by atoms with Crippen LogP contribution in [-0.4, -0.2) is 61.0 Å². The van der Waals surface area contributed by atoms with E-state index < -0.39 is 17.6 Å². The first-order valence-electron chi connectivity index (χ1n) is 7.74. The summed E-state index contributed by atoms with van der Waals surface area (Å²) in [5.74, 6) is -0.642. The fourth-order valence-corrected chi connectivity index (χ4v) is 3.49. The molecule has 7 heteroatoms. The van der Waals surface area contributed by atoms with E-state index in [9.17, 15) is 18.0 Å². The van der Waals surface area contributed by atoms with Crippen molar-refractivity contribution >= 4 is 5.91 Å². The van der Waals surface area contributed by atoms with Gasteiger partial charge in [0.1, 0.15) is 0 Å². The number of nitrogens with one attached hydrogen (secondary N) is 1. The lowest BCUT2D eigenvalue weighted by Crippen LogP contribution is -2.48. The number of carbonyl (C=O) groups is 1. The van der Waals surface area contributed by atoms with Crippen molar-refractivity contribution in [2.45, 2.75) is 24.7 Å². The number of hydrogen-bond acceptors (Lipinski definition) is 3. The van der Waals surface area contributed by atoms with Gasteiger partial charge in [-0.1, -0.05) is 12.1 Å². The van der Waals surface area contributed by atoms with Gasteiger partial charge in [-0.2, -0.15) is 13.2 Å². The molecule has 0 unspecified atom stereocenters. The number of alkyl halides is 3. The van der Waals surface area contributed by atoms with Crippen molar-refractivity contribution in [2.24, 2.45) is 0 Å². The molecule has 0 radical (unpaired) electrons. The molecule has 3 rings (SSSR count). The summed E-state index contributed by atoms with van der Waals surface area (Å²) in [5, 5.41) is 2.78. The van der Waals surface area contributed by atoms with Crippen molar-refractivity contribution in [1.29, 1.82) is 0 Å². The van der Waals surface area contributed by atoms with Crippen LogP contribution in [0.25, 0.3) is 0 Å². The van der Waals surface area contributed by atoms with Crippen LogP contribution >= 0.6 is 0 Å². The Balaban J connectivity index is 1.69. The van der Waals surface area contributed by atoms with Gasteiger partial charge in [-0.05, 0) is 25.6 Å². The minimum absolute atomic E-state index is 0.0970. The molecule has 0 saturated carbocycles. The summed E-state index contributed by atoms with van der Waals surface area (Å²) in [4.78, 5) is 16.8. The molecular formula is C16H20F3N3O. The predicted octanol–water partition coefficient (Wildman–Crippen LogP) is 1.82. The van der Waals surface area contributed by atoms with Crippen molar-refractivity contribution in [3.8, 4) is 0 Å². The molecule has 2 atom stereocenters. The topological polar surface area (TPSA) is 35.6 Å². The average Bonchev–Trinajstić information content (AvgIpc) is 2.87. The molecule has 2 heterocycles. The van der Waals surface area contributed by atoms with Gasteiger partial charge in [-0.25, -0.2) is 0 Å². The van der Waals surface area contributed by atoms with Crippen LogP contribution in [0.4, 0.5) is 13.2 Å². The lowest BCUT2D eigenvalue weighted by atomic mass is 10.1. The minimum Gasteiger partial charge on any atom is -0.348 e. The number of likely N-dealkylation sites (N-methyl/N-ethyl adjacent to an activating group) is 1. The number of rotatable bonds is 2. The second kappa shape index (κ2) is 6.13. The Kier molecular flexibility index (Phi) is 4.33. The molecular weight excluding hydrogens is 307 g/mol. The highest BCUT2D eigenvalue weighted by atomic mass is 19.4. The number of fused-ring (bicyclic) bond motifs is 1. The third-order valence-electron chi connectivity index (χ3n) is 4.63. The van der Waals surface area contributed by atoms with Crippen LogP contribution in [0, 0.1) is 0 Å². The van der Waals surface area contributed by atoms with Gasteiger partial charge in [0.25, 0.3) is 5.91 Å². The molecule has 1 amide bonds. The van der Waals surface area contributed by atoms with Crippen LogP contribution in [0.2, 0.25) is 0 Å². The molecule has 1 aromatic carbocycles. The first kappa shape index (κ1) is 16.3. The zero-order valence-corrected chi connectivity index (χ0v) is 12.9. The summed E-state index contributed by atoms with van der Waals surface area (Å²) < 4.78 is 39.0. The standard InChI is InChI=1S/C16H20F3N3O/c1-21-6-7-22-9-11(8-12(22)10-21)20-15(23)13-4-2-3-5-14(13)16(17,18)19/h2-5,11-12H,6-10H2,1H3,(H,20,23)/t11-,12-/m0/s1. The Hall–Kier alpha value is -1.60. The van der Waals surface area contributed by atoms with Crippen LogP contribution < -0.4 is 5.32 Å². The molecule has 126 valence electrons. The lowest BCUT2D eigenvalue weighted by Gasteiger charge is -2.34. The highest BCUT2D eigenvalue weighted by Gasteiger charge is 2.38. The van der Waals surface area contributed by atoms with E-state index in [2.05, 4.69) is 22.2 Å². The molecule has 1 aromatic rings. The van der Waals surface area contributed by atoms with Crippen LogP contribution in [0.15, 0.2) is 24.3 Å². The summed E-state index contributed by atoms with van der Waals surface area (Å²) in [5.41, 5.74) is -1.19. The van der Waals surface area contributed by atoms with Gasteiger partial charge in [0, 0.05) is 38.3 Å². The summed E-state index contributed by atoms with van der Waals surface area (Å²) >= 11 is 0. The molecule has 2 saturated heterocycles. The zero-order chi connectivity index (χ0) is 16.6. The Labute approximate surface area is 133 Å². The molecule has 1 N–H and O–H groups in total. The van der Waals surface area contributed by atoms with Gasteiger partial charge in [0.15, 0.2) is 0 Å². The van der Waals surface area contributed by atoms with E-state index in [0.717, 1.165) is 32.1 Å². The summed E-state index contributed by atoms with van der Waals surface area (Å²) in [6, 6.07) is 5.20. The van der Waals surface area contributed by atoms with Crippen molar-refractivity contribution < 1.29 is 18.0 Å². The molecule has 2 aliphatic rings. The van der Waals surface area contributed by atoms with Crippen molar-refractivity contribution in [3.05, 3.63) is 35.4 Å². The molecule has 23 heavy (non-hydrogen) atoms. The van der Waals surface area contributed by atoms with Crippen LogP contribution in [0.3, 0.4) is 0 Å². The normalized spacial score (nSPS) is 26.1. The number of nitrogens with zero attached hydrogens (tertiary/aromatic N) is 2. The Morgan fingerprint density at radius 3 is 2.70 bits per heavy atom. The van der Waals surface area contributed by atoms with Gasteiger partial charge in [0.05, 0.1) is 11.1 Å². The second-order valence-electron chi connectivity index (χ2n) is 6.36. The van der Waals surface area contributed by atoms with E-state index in [-0.39, 0.29) is 11.6 Å². The van der Waals surface area contributed by atoms with E-state index >= 15 is 0 Å². The molecule has 2 aliphatic heterocycles. The van der Waals surface area contributed by atoms with Gasteiger partial charge in [-0.15, -0.1) is 0 Å². The largest absolute Gasteiger partial charge is 0.417 e. The van der Waals surface area contributed by atoms with Crippen molar-refractivity contribution in [3.63, 3.8) is 0 Å². The Morgan fingerprint density at radius 2 is 1.96 bits per heavy atom. The minimum atomic E-state index is -4.52. The van der Waals surface area contributed by atoms with Gasteiger partial charge < -0.3 is 10.2 Å². The lowest BCUT2D eigenvalue weighted by molar-refractivity contribution is -0.137. The van der Waals surface area contributed by atoms with Gasteiger partial charge in [-0.3, -0.25) is 9.69 Å². The van der Waals surface area contributed by atoms with Gasteiger partial charge >= 0.3 is 6.18 Å². The molecule has 0 bridgehead atoms. The molecule has 4 nitrogen and oxygen atoms in total. The molecule has 0 aromatic heterocycles. The SMILES string of the molecule is CN1CCN2C[C@@H](NC(=O)c3ccccc3C(F)(F)F)C[C@H]2C1. The van der Waals surface area contributed by atoms with E-state index in [4.69, 9.17) is 0 Å². The third kappa shape index (κ3) is 3.50. The molecule has 0 spiro atoms. The predicted molar refractivity (Wildman–Crippen MR) is 80.2 cm³/mol. The highest BCUT2D eigenvalue weighted by molar-refractivity contribution is 5.96. The van der Waals surface area contributed by atoms with Gasteiger partial charge in [0.2, 0.25) is 0 Å². The first-order valence-corrected chi connectivity index (χ1v) is 7.74. The fourth-order valence-electron chi connectivity index (χ4n) is 3.49. The molecule has 0 aliphatic carbocycles. The first-order chi connectivity index (χ1) is 10.8. The van der Waals surface area contributed by atoms with Crippen molar-refractivity contribution in [2.75, 3.05) is 33.2 Å². The number of halogens is 3. The summed E-state index contributed by atoms with van der Waals surface area (Å²) in [7, 11) is 2.06. The number of carbonyl (C=O) groups excluding carboxylic acids is 1. The maximum absolute atomic E-state index is 13.0. The summed E-state index contributed by atoms with van der Waals surface area (Å²) in [6.07, 6.45) is -3.74. The van der Waals surface area contributed by atoms with E-state index in [1.54, 1.807) is 0 Å². The Bertz CT molecular complexity index is 590. The highest BCUT2D eigenvalue weighted by Crippen LogP contribution is 2.32. The summed E-state index contributed by atoms with van der Waals surface area (Å²) in [6.45, 7) is 3.56. The monoisotopic (exact) mass is 327 g/mol. The average molecular weight is 327 g/mol.